The molecule has 114 valence electrons. The van der Waals surface area contributed by atoms with Crippen molar-refractivity contribution in [1.29, 1.82) is 0 Å². The van der Waals surface area contributed by atoms with Crippen LogP contribution in [-0.2, 0) is 19.5 Å². The Bertz CT molecular complexity index is 635. The molecule has 0 radical (unpaired) electrons. The Morgan fingerprint density at radius 1 is 1.23 bits per heavy atom. The van der Waals surface area contributed by atoms with Crippen molar-refractivity contribution in [2.45, 2.75) is 38.4 Å². The molecule has 1 aromatic carbocycles. The van der Waals surface area contributed by atoms with Crippen LogP contribution in [0.1, 0.15) is 41.5 Å². The molecule has 1 N–H and O–H groups in total. The molecule has 2 aliphatic heterocycles. The van der Waals surface area contributed by atoms with E-state index in [-0.39, 0.29) is 0 Å². The molecule has 4 heteroatoms. The number of nitrogens with one attached hydrogen (secondary N) is 1. The van der Waals surface area contributed by atoms with Gasteiger partial charge in [0.25, 0.3) is 0 Å². The fourth-order valence-corrected chi connectivity index (χ4v) is 3.44. The van der Waals surface area contributed by atoms with Crippen LogP contribution >= 0.6 is 0 Å². The fraction of sp³-hybridized carbons (Fsp3) is 0.444. The van der Waals surface area contributed by atoms with Crippen molar-refractivity contribution in [3.8, 4) is 0 Å². The first-order chi connectivity index (χ1) is 10.9. The molecule has 0 amide bonds. The maximum Gasteiger partial charge on any atom is 0.145 e. The monoisotopic (exact) mass is 294 g/mol. The summed E-state index contributed by atoms with van der Waals surface area (Å²) in [6.07, 6.45) is 5.48. The highest BCUT2D eigenvalue weighted by molar-refractivity contribution is 5.22. The lowest BCUT2D eigenvalue weighted by atomic mass is 10.1. The number of rotatable bonds is 3. The van der Waals surface area contributed by atoms with Gasteiger partial charge in [-0.3, -0.25) is 4.90 Å². The second-order valence-corrected chi connectivity index (χ2v) is 6.30. The summed E-state index contributed by atoms with van der Waals surface area (Å²) in [5.74, 6) is 0.993. The summed E-state index contributed by atoms with van der Waals surface area (Å²) in [6, 6.07) is 11.0. The number of fused-ring (bicyclic) bond motifs is 1. The average Bonchev–Trinajstić information content (AvgIpc) is 3.10. The van der Waals surface area contributed by atoms with Crippen molar-refractivity contribution in [2.75, 3.05) is 13.1 Å². The predicted octanol–water partition coefficient (Wildman–Crippen LogP) is 2.46. The SMILES string of the molecule is c1ccc(CN2CCc3nc(C4CCCN4)ncc3C2)cc1. The van der Waals surface area contributed by atoms with E-state index in [4.69, 9.17) is 4.98 Å². The zero-order valence-corrected chi connectivity index (χ0v) is 12.8. The lowest BCUT2D eigenvalue weighted by molar-refractivity contribution is 0.242. The van der Waals surface area contributed by atoms with E-state index < -0.39 is 0 Å². The molecule has 4 rings (SSSR count). The molecule has 2 aromatic rings. The van der Waals surface area contributed by atoms with Gasteiger partial charge < -0.3 is 5.32 Å². The van der Waals surface area contributed by atoms with Gasteiger partial charge in [-0.05, 0) is 24.9 Å². The van der Waals surface area contributed by atoms with Gasteiger partial charge in [-0.2, -0.15) is 0 Å². The van der Waals surface area contributed by atoms with Crippen LogP contribution in [0.2, 0.25) is 0 Å². The van der Waals surface area contributed by atoms with E-state index >= 15 is 0 Å². The first-order valence-electron chi connectivity index (χ1n) is 8.23. The molecule has 1 aromatic heterocycles. The molecule has 0 bridgehead atoms. The number of nitrogens with zero attached hydrogens (tertiary/aromatic N) is 3. The third kappa shape index (κ3) is 2.89. The number of hydrogen-bond donors (Lipinski definition) is 1. The Hall–Kier alpha value is -1.78. The van der Waals surface area contributed by atoms with Gasteiger partial charge in [0.05, 0.1) is 6.04 Å². The van der Waals surface area contributed by atoms with E-state index in [1.165, 1.54) is 29.7 Å². The molecule has 3 heterocycles. The Morgan fingerprint density at radius 2 is 2.14 bits per heavy atom. The van der Waals surface area contributed by atoms with Crippen molar-refractivity contribution in [3.63, 3.8) is 0 Å². The Balaban J connectivity index is 1.47. The van der Waals surface area contributed by atoms with Gasteiger partial charge >= 0.3 is 0 Å². The van der Waals surface area contributed by atoms with Crippen molar-refractivity contribution in [1.82, 2.24) is 20.2 Å². The summed E-state index contributed by atoms with van der Waals surface area (Å²) in [7, 11) is 0. The lowest BCUT2D eigenvalue weighted by Gasteiger charge is -2.28. The number of aromatic nitrogens is 2. The van der Waals surface area contributed by atoms with Crippen LogP contribution in [0.3, 0.4) is 0 Å². The zero-order chi connectivity index (χ0) is 14.8. The molecular formula is C18H22N4. The Morgan fingerprint density at radius 3 is 2.95 bits per heavy atom. The van der Waals surface area contributed by atoms with Gasteiger partial charge in [-0.1, -0.05) is 30.3 Å². The van der Waals surface area contributed by atoms with Gasteiger partial charge in [0.15, 0.2) is 0 Å². The zero-order valence-electron chi connectivity index (χ0n) is 12.8. The standard InChI is InChI=1S/C18H22N4/c1-2-5-14(6-3-1)12-22-10-8-16-15(13-22)11-20-18(21-16)17-7-4-9-19-17/h1-3,5-6,11,17,19H,4,7-10,12-13H2. The van der Waals surface area contributed by atoms with Gasteiger partial charge in [0.2, 0.25) is 0 Å². The summed E-state index contributed by atoms with van der Waals surface area (Å²) >= 11 is 0. The van der Waals surface area contributed by atoms with Crippen LogP contribution in [0.25, 0.3) is 0 Å². The lowest BCUT2D eigenvalue weighted by Crippen LogP contribution is -2.31. The first-order valence-corrected chi connectivity index (χ1v) is 8.23. The van der Waals surface area contributed by atoms with Crippen LogP contribution < -0.4 is 5.32 Å². The average molecular weight is 294 g/mol. The molecule has 22 heavy (non-hydrogen) atoms. The maximum atomic E-state index is 4.84. The van der Waals surface area contributed by atoms with Crippen molar-refractivity contribution >= 4 is 0 Å². The highest BCUT2D eigenvalue weighted by atomic mass is 15.1. The Labute approximate surface area is 131 Å². The molecule has 1 unspecified atom stereocenters. The Kier molecular flexibility index (Phi) is 3.87. The summed E-state index contributed by atoms with van der Waals surface area (Å²) in [5, 5.41) is 3.49. The van der Waals surface area contributed by atoms with Crippen LogP contribution in [0, 0.1) is 0 Å². The minimum atomic E-state index is 0.368. The fourth-order valence-electron chi connectivity index (χ4n) is 3.44. The van der Waals surface area contributed by atoms with Crippen LogP contribution in [0.4, 0.5) is 0 Å². The third-order valence-electron chi connectivity index (χ3n) is 4.65. The van der Waals surface area contributed by atoms with E-state index in [0.717, 1.165) is 38.4 Å². The largest absolute Gasteiger partial charge is 0.307 e. The summed E-state index contributed by atoms with van der Waals surface area (Å²) in [6.45, 7) is 4.14. The van der Waals surface area contributed by atoms with E-state index in [0.29, 0.717) is 6.04 Å². The minimum absolute atomic E-state index is 0.368. The van der Waals surface area contributed by atoms with E-state index in [9.17, 15) is 0 Å². The number of benzene rings is 1. The maximum absolute atomic E-state index is 4.84. The second-order valence-electron chi connectivity index (χ2n) is 6.30. The molecule has 0 saturated carbocycles. The molecule has 0 spiro atoms. The minimum Gasteiger partial charge on any atom is -0.307 e. The molecule has 4 nitrogen and oxygen atoms in total. The smallest absolute Gasteiger partial charge is 0.145 e. The molecule has 0 aliphatic carbocycles. The topological polar surface area (TPSA) is 41.1 Å². The highest BCUT2D eigenvalue weighted by Gasteiger charge is 2.23. The van der Waals surface area contributed by atoms with E-state index in [1.807, 2.05) is 0 Å². The summed E-state index contributed by atoms with van der Waals surface area (Å²) in [5.41, 5.74) is 3.92. The van der Waals surface area contributed by atoms with Gasteiger partial charge in [-0.15, -0.1) is 0 Å². The van der Waals surface area contributed by atoms with Crippen LogP contribution in [0.15, 0.2) is 36.5 Å². The van der Waals surface area contributed by atoms with Gasteiger partial charge in [-0.25, -0.2) is 9.97 Å². The molecule has 1 fully saturated rings. The van der Waals surface area contributed by atoms with Crippen LogP contribution in [-0.4, -0.2) is 28.0 Å². The van der Waals surface area contributed by atoms with Crippen LogP contribution in [0.5, 0.6) is 0 Å². The molecule has 2 aliphatic rings. The molecular weight excluding hydrogens is 272 g/mol. The third-order valence-corrected chi connectivity index (χ3v) is 4.65. The number of hydrogen-bond acceptors (Lipinski definition) is 4. The summed E-state index contributed by atoms with van der Waals surface area (Å²) < 4.78 is 0. The molecule has 1 atom stereocenters. The first kappa shape index (κ1) is 13.9. The quantitative estimate of drug-likeness (QED) is 0.944. The predicted molar refractivity (Wildman–Crippen MR) is 86.3 cm³/mol. The van der Waals surface area contributed by atoms with E-state index in [2.05, 4.69) is 51.7 Å². The van der Waals surface area contributed by atoms with Crippen molar-refractivity contribution in [2.24, 2.45) is 0 Å². The van der Waals surface area contributed by atoms with E-state index in [1.54, 1.807) is 0 Å². The van der Waals surface area contributed by atoms with Crippen molar-refractivity contribution in [3.05, 3.63) is 59.2 Å². The van der Waals surface area contributed by atoms with Gasteiger partial charge in [0.1, 0.15) is 5.82 Å². The summed E-state index contributed by atoms with van der Waals surface area (Å²) in [4.78, 5) is 11.9. The normalized spacial score (nSPS) is 21.7. The molecule has 1 saturated heterocycles. The van der Waals surface area contributed by atoms with Crippen molar-refractivity contribution < 1.29 is 0 Å². The van der Waals surface area contributed by atoms with Gasteiger partial charge in [0, 0.05) is 43.5 Å². The highest BCUT2D eigenvalue weighted by Crippen LogP contribution is 2.23. The second kappa shape index (κ2) is 6.15.